The molecule has 0 saturated carbocycles. The lowest BCUT2D eigenvalue weighted by molar-refractivity contribution is 0.138. The zero-order valence-corrected chi connectivity index (χ0v) is 40.9. The highest BCUT2D eigenvalue weighted by molar-refractivity contribution is 6.09. The smallest absolute Gasteiger partial charge is 0.443 e. The standard InChI is InChI=1S/C62H60N4O3/c1-60(2,3)43-31-33-63-58(38-43)66-54-26-14-13-23-52(54)53-30-29-48(40-57(53)66)68-47-22-17-21-46(39-47)65-56-28-16-15-27-55(56)64(69-59(65)67)34-32-51-49(41-19-11-10-12-20-41)24-18-25-50(51)42-35-44(61(4,5)6)37-45(36-42)62(7,8)9/h10-31,33,35-40H,32,34H2,1-9H3/i13D,14D,23D,26D. The van der Waals surface area contributed by atoms with Crippen LogP contribution in [0.15, 0.2) is 176 Å². The first-order valence-corrected chi connectivity index (χ1v) is 23.7. The summed E-state index contributed by atoms with van der Waals surface area (Å²) in [5, 5.41) is 2.74. The van der Waals surface area contributed by atoms with Crippen LogP contribution in [0.1, 0.15) is 90.1 Å². The van der Waals surface area contributed by atoms with E-state index in [1.165, 1.54) is 11.1 Å². The number of hydrogen-bond acceptors (Lipinski definition) is 5. The number of carbonyl (C=O) groups is 1. The summed E-state index contributed by atoms with van der Waals surface area (Å²) in [6.07, 6.45) is 1.75. The largest absolute Gasteiger partial charge is 0.457 e. The van der Waals surface area contributed by atoms with E-state index < -0.39 is 6.09 Å². The van der Waals surface area contributed by atoms with Gasteiger partial charge in [-0.15, -0.1) is 0 Å². The third-order valence-corrected chi connectivity index (χ3v) is 13.1. The summed E-state index contributed by atoms with van der Waals surface area (Å²) in [4.78, 5) is 27.0. The number of para-hydroxylation sites is 3. The molecule has 10 rings (SSSR count). The van der Waals surface area contributed by atoms with Crippen molar-refractivity contribution in [3.63, 3.8) is 0 Å². The number of nitrogens with zero attached hydrogens (tertiary/aromatic N) is 4. The van der Waals surface area contributed by atoms with Gasteiger partial charge in [-0.05, 0) is 122 Å². The van der Waals surface area contributed by atoms with E-state index in [1.807, 2.05) is 72.8 Å². The number of benzene rings is 7. The second kappa shape index (κ2) is 17.5. The van der Waals surface area contributed by atoms with Gasteiger partial charge in [0.25, 0.3) is 0 Å². The molecule has 0 N–H and O–H groups in total. The maximum Gasteiger partial charge on any atom is 0.443 e. The molecule has 1 aliphatic heterocycles. The van der Waals surface area contributed by atoms with E-state index in [9.17, 15) is 4.79 Å². The molecular formula is C62H60N4O3. The number of hydrogen-bond donors (Lipinski definition) is 0. The summed E-state index contributed by atoms with van der Waals surface area (Å²) in [6.45, 7) is 20.3. The van der Waals surface area contributed by atoms with E-state index in [0.29, 0.717) is 63.5 Å². The van der Waals surface area contributed by atoms with Gasteiger partial charge in [0.2, 0.25) is 0 Å². The maximum absolute atomic E-state index is 14.4. The summed E-state index contributed by atoms with van der Waals surface area (Å²) in [6, 6.07) is 47.5. The molecule has 0 spiro atoms. The third-order valence-electron chi connectivity index (χ3n) is 13.1. The lowest BCUT2D eigenvalue weighted by atomic mass is 9.78. The SMILES string of the molecule is [2H]c1c([2H])c([2H])c2c(c1[2H])c1ccc(Oc3cccc(N4C(=O)ON(CCc5c(-c6ccccc6)cccc5-c5cc(C(C)(C)C)cc(C(C)(C)C)c5)c5ccccc54)c3)cc1n2-c1cc(C(C)(C)C)ccn1. The number of fused-ring (bicyclic) bond motifs is 4. The van der Waals surface area contributed by atoms with Gasteiger partial charge in [0.15, 0.2) is 0 Å². The number of anilines is 3. The summed E-state index contributed by atoms with van der Waals surface area (Å²) in [7, 11) is 0. The monoisotopic (exact) mass is 912 g/mol. The van der Waals surface area contributed by atoms with Gasteiger partial charge < -0.3 is 9.57 Å². The van der Waals surface area contributed by atoms with Gasteiger partial charge in [-0.25, -0.2) is 19.7 Å². The Kier molecular flexibility index (Phi) is 10.2. The van der Waals surface area contributed by atoms with Crippen LogP contribution in [-0.4, -0.2) is 22.2 Å². The van der Waals surface area contributed by atoms with Crippen molar-refractivity contribution in [2.75, 3.05) is 16.5 Å². The molecule has 3 heterocycles. The minimum atomic E-state index is -0.559. The number of hydroxylamine groups is 1. The summed E-state index contributed by atoms with van der Waals surface area (Å²) in [5.74, 6) is 1.44. The predicted molar refractivity (Wildman–Crippen MR) is 285 cm³/mol. The predicted octanol–water partition coefficient (Wildman–Crippen LogP) is 16.4. The number of pyridine rings is 1. The molecule has 7 nitrogen and oxygen atoms in total. The number of aromatic nitrogens is 2. The molecule has 0 saturated heterocycles. The molecule has 0 unspecified atom stereocenters. The van der Waals surface area contributed by atoms with Crippen molar-refractivity contribution < 1.29 is 19.9 Å². The van der Waals surface area contributed by atoms with Gasteiger partial charge in [-0.3, -0.25) is 4.57 Å². The highest BCUT2D eigenvalue weighted by Crippen LogP contribution is 2.43. The van der Waals surface area contributed by atoms with Gasteiger partial charge in [0.1, 0.15) is 17.3 Å². The fraction of sp³-hybridized carbons (Fsp3) is 0.226. The van der Waals surface area contributed by atoms with Gasteiger partial charge in [-0.1, -0.05) is 165 Å². The van der Waals surface area contributed by atoms with Crippen LogP contribution in [0.3, 0.4) is 0 Å². The fourth-order valence-corrected chi connectivity index (χ4v) is 9.26. The molecular weight excluding hydrogens is 849 g/mol. The molecule has 346 valence electrons. The van der Waals surface area contributed by atoms with E-state index in [0.717, 1.165) is 39.1 Å². The van der Waals surface area contributed by atoms with Crippen molar-refractivity contribution in [3.05, 3.63) is 198 Å². The van der Waals surface area contributed by atoms with Crippen LogP contribution in [0.2, 0.25) is 0 Å². The Morgan fingerprint density at radius 1 is 0.580 bits per heavy atom. The summed E-state index contributed by atoms with van der Waals surface area (Å²) < 4.78 is 43.5. The van der Waals surface area contributed by atoms with E-state index >= 15 is 0 Å². The van der Waals surface area contributed by atoms with Crippen molar-refractivity contribution in [2.45, 2.75) is 85.0 Å². The summed E-state index contributed by atoms with van der Waals surface area (Å²) in [5.41, 5.74) is 11.9. The quantitative estimate of drug-likeness (QED) is 0.144. The first-order valence-electron chi connectivity index (χ1n) is 25.7. The van der Waals surface area contributed by atoms with Gasteiger partial charge in [0, 0.05) is 29.1 Å². The van der Waals surface area contributed by atoms with Crippen molar-refractivity contribution in [1.82, 2.24) is 9.55 Å². The molecule has 0 bridgehead atoms. The number of rotatable bonds is 9. The molecule has 9 aromatic rings. The van der Waals surface area contributed by atoms with Gasteiger partial charge >= 0.3 is 6.09 Å². The van der Waals surface area contributed by atoms with Crippen LogP contribution in [0, 0.1) is 0 Å². The van der Waals surface area contributed by atoms with Crippen LogP contribution >= 0.6 is 0 Å². The van der Waals surface area contributed by atoms with Gasteiger partial charge in [-0.2, -0.15) is 0 Å². The average molecular weight is 913 g/mol. The van der Waals surface area contributed by atoms with Crippen LogP contribution in [-0.2, 0) is 27.5 Å². The Balaban J connectivity index is 0.991. The molecule has 69 heavy (non-hydrogen) atoms. The molecule has 7 aromatic carbocycles. The summed E-state index contributed by atoms with van der Waals surface area (Å²) >= 11 is 0. The van der Waals surface area contributed by atoms with E-state index in [2.05, 4.69) is 123 Å². The zero-order valence-electron chi connectivity index (χ0n) is 44.9. The number of amides is 1. The van der Waals surface area contributed by atoms with Crippen LogP contribution in [0.4, 0.5) is 21.9 Å². The van der Waals surface area contributed by atoms with Crippen LogP contribution < -0.4 is 14.7 Å². The zero-order chi connectivity index (χ0) is 51.7. The molecule has 2 aromatic heterocycles. The van der Waals surface area contributed by atoms with Crippen molar-refractivity contribution in [2.24, 2.45) is 0 Å². The molecule has 1 amide bonds. The number of ether oxygens (including phenoxy) is 1. The van der Waals surface area contributed by atoms with E-state index in [1.54, 1.807) is 32.9 Å². The normalized spacial score (nSPS) is 14.0. The molecule has 0 radical (unpaired) electrons. The van der Waals surface area contributed by atoms with Crippen molar-refractivity contribution >= 4 is 45.0 Å². The van der Waals surface area contributed by atoms with Crippen molar-refractivity contribution in [3.8, 4) is 39.6 Å². The Bertz CT molecular complexity index is 3590. The van der Waals surface area contributed by atoms with E-state index in [4.69, 9.17) is 20.0 Å². The first-order chi connectivity index (χ1) is 34.7. The van der Waals surface area contributed by atoms with Crippen LogP contribution in [0.5, 0.6) is 11.5 Å². The third kappa shape index (κ3) is 8.86. The molecule has 1 aliphatic rings. The Morgan fingerprint density at radius 3 is 1.96 bits per heavy atom. The number of carbonyl (C=O) groups excluding carboxylic acids is 1. The van der Waals surface area contributed by atoms with Gasteiger partial charge in [0.05, 0.1) is 40.1 Å². The molecule has 0 aliphatic carbocycles. The van der Waals surface area contributed by atoms with E-state index in [-0.39, 0.29) is 40.4 Å². The minimum absolute atomic E-state index is 0.0616. The Labute approximate surface area is 412 Å². The minimum Gasteiger partial charge on any atom is -0.457 e. The molecule has 0 fully saturated rings. The second-order valence-electron chi connectivity index (χ2n) is 21.0. The lowest BCUT2D eigenvalue weighted by Gasteiger charge is -2.36. The van der Waals surface area contributed by atoms with Crippen molar-refractivity contribution in [1.29, 1.82) is 0 Å². The lowest BCUT2D eigenvalue weighted by Crippen LogP contribution is -2.41. The highest BCUT2D eigenvalue weighted by atomic mass is 16.7. The maximum atomic E-state index is 14.4. The second-order valence-corrected chi connectivity index (χ2v) is 21.0. The Hall–Kier alpha value is -7.64. The average Bonchev–Trinajstić information content (AvgIpc) is 3.70. The topological polar surface area (TPSA) is 59.8 Å². The Morgan fingerprint density at radius 2 is 1.23 bits per heavy atom. The molecule has 7 heteroatoms. The highest BCUT2D eigenvalue weighted by Gasteiger charge is 2.33. The molecule has 0 atom stereocenters. The first kappa shape index (κ1) is 40.4. The fourth-order valence-electron chi connectivity index (χ4n) is 9.26. The van der Waals surface area contributed by atoms with Crippen LogP contribution in [0.25, 0.3) is 49.9 Å².